The first-order valence-corrected chi connectivity index (χ1v) is 9.73. The van der Waals surface area contributed by atoms with Crippen molar-refractivity contribution in [2.24, 2.45) is 0 Å². The summed E-state index contributed by atoms with van der Waals surface area (Å²) in [4.78, 5) is 0. The van der Waals surface area contributed by atoms with Crippen LogP contribution in [0.3, 0.4) is 0 Å². The van der Waals surface area contributed by atoms with E-state index in [0.717, 1.165) is 21.9 Å². The molecular weight excluding hydrogens is 304 g/mol. The van der Waals surface area contributed by atoms with Gasteiger partial charge in [-0.1, -0.05) is 60.7 Å². The van der Waals surface area contributed by atoms with E-state index < -0.39 is 0 Å². The maximum absolute atomic E-state index is 2.44. The Balaban J connectivity index is 2.09. The Labute approximate surface area is 154 Å². The van der Waals surface area contributed by atoms with E-state index in [1.807, 2.05) is 0 Å². The molecule has 25 heavy (non-hydrogen) atoms. The molecule has 2 aromatic carbocycles. The zero-order valence-electron chi connectivity index (χ0n) is 16.6. The van der Waals surface area contributed by atoms with Crippen molar-refractivity contribution < 1.29 is 8.97 Å². The third-order valence-corrected chi connectivity index (χ3v) is 5.90. The van der Waals surface area contributed by atoms with Crippen LogP contribution in [0.25, 0.3) is 0 Å². The van der Waals surface area contributed by atoms with Crippen LogP contribution in [0.2, 0.25) is 0 Å². The lowest BCUT2D eigenvalue weighted by atomic mass is 10.1. The van der Waals surface area contributed by atoms with E-state index in [-0.39, 0.29) is 0 Å². The molecule has 0 aliphatic carbocycles. The maximum atomic E-state index is 2.44. The van der Waals surface area contributed by atoms with E-state index >= 15 is 0 Å². The average molecular weight is 341 g/mol. The second kappa shape index (κ2) is 9.17. The third kappa shape index (κ3) is 6.30. The Morgan fingerprint density at radius 3 is 1.60 bits per heavy atom. The number of likely N-dealkylation sites (N-methyl/N-ethyl adjacent to an activating group) is 2. The predicted octanol–water partition coefficient (Wildman–Crippen LogP) is 4.36. The fourth-order valence-electron chi connectivity index (χ4n) is 3.36. The molecule has 0 unspecified atom stereocenters. The number of benzene rings is 2. The molecule has 2 nitrogen and oxygen atoms in total. The molecule has 0 saturated carbocycles. The minimum atomic E-state index is 1.10. The van der Waals surface area contributed by atoms with Gasteiger partial charge in [0.15, 0.2) is 0 Å². The van der Waals surface area contributed by atoms with Gasteiger partial charge in [0.25, 0.3) is 0 Å². The van der Waals surface area contributed by atoms with Gasteiger partial charge in [-0.15, -0.1) is 0 Å². The van der Waals surface area contributed by atoms with Gasteiger partial charge in [-0.2, -0.15) is 0 Å². The molecule has 0 aromatic heterocycles. The Bertz CT molecular complexity index is 605. The first-order valence-electron chi connectivity index (χ1n) is 9.73. The molecule has 0 saturated heterocycles. The molecule has 0 heterocycles. The second-order valence-corrected chi connectivity index (χ2v) is 7.92. The average Bonchev–Trinajstić information content (AvgIpc) is 2.66. The summed E-state index contributed by atoms with van der Waals surface area (Å²) in [5, 5.41) is 0. The summed E-state index contributed by atoms with van der Waals surface area (Å²) in [5.41, 5.74) is 2.89. The molecule has 0 bridgehead atoms. The Hall–Kier alpha value is -1.64. The monoisotopic (exact) mass is 340 g/mol. The van der Waals surface area contributed by atoms with E-state index in [1.54, 1.807) is 0 Å². The Kier molecular flexibility index (Phi) is 7.22. The van der Waals surface area contributed by atoms with E-state index in [1.165, 1.54) is 43.9 Å². The molecule has 2 heteroatoms. The van der Waals surface area contributed by atoms with Crippen LogP contribution >= 0.6 is 0 Å². The molecule has 0 aliphatic heterocycles. The van der Waals surface area contributed by atoms with Gasteiger partial charge in [-0.3, -0.25) is 0 Å². The van der Waals surface area contributed by atoms with Crippen LogP contribution in [0.4, 0.5) is 0 Å². The molecule has 0 aliphatic rings. The Morgan fingerprint density at radius 1 is 0.600 bits per heavy atom. The quantitative estimate of drug-likeness (QED) is 0.564. The van der Waals surface area contributed by atoms with E-state index in [9.17, 15) is 0 Å². The highest BCUT2D eigenvalue weighted by molar-refractivity contribution is 5.15. The number of nitrogens with zero attached hydrogens (tertiary/aromatic N) is 2. The van der Waals surface area contributed by atoms with Gasteiger partial charge in [0.1, 0.15) is 19.6 Å². The zero-order chi connectivity index (χ0) is 18.2. The van der Waals surface area contributed by atoms with Crippen LogP contribution in [-0.2, 0) is 13.0 Å². The molecule has 1 atom stereocenters. The second-order valence-electron chi connectivity index (χ2n) is 7.92. The Morgan fingerprint density at radius 2 is 1.08 bits per heavy atom. The first kappa shape index (κ1) is 19.7. The molecule has 2 rings (SSSR count). The van der Waals surface area contributed by atoms with Crippen LogP contribution in [0, 0.1) is 0 Å². The summed E-state index contributed by atoms with van der Waals surface area (Å²) in [5.74, 6) is 0. The van der Waals surface area contributed by atoms with E-state index in [2.05, 4.69) is 88.6 Å². The lowest BCUT2D eigenvalue weighted by Gasteiger charge is -2.39. The summed E-state index contributed by atoms with van der Waals surface area (Å²) in [6.45, 7) is 11.8. The minimum Gasteiger partial charge on any atom is -0.322 e. The summed E-state index contributed by atoms with van der Waals surface area (Å²) in [7, 11) is 4.83. The molecule has 0 radical (unpaired) electrons. The van der Waals surface area contributed by atoms with Crippen molar-refractivity contribution >= 4 is 0 Å². The van der Waals surface area contributed by atoms with Gasteiger partial charge in [0.2, 0.25) is 0 Å². The fourth-order valence-corrected chi connectivity index (χ4v) is 3.36. The summed E-state index contributed by atoms with van der Waals surface area (Å²) in [6, 6.07) is 21.9. The lowest BCUT2D eigenvalue weighted by molar-refractivity contribution is -0.969. The van der Waals surface area contributed by atoms with Gasteiger partial charge < -0.3 is 8.97 Å². The van der Waals surface area contributed by atoms with Crippen molar-refractivity contribution in [3.05, 3.63) is 71.8 Å². The molecule has 0 fully saturated rings. The number of hydrogen-bond acceptors (Lipinski definition) is 0. The van der Waals surface area contributed by atoms with Crippen molar-refractivity contribution in [3.63, 3.8) is 0 Å². The maximum Gasteiger partial charge on any atom is 0.129 e. The van der Waals surface area contributed by atoms with Crippen LogP contribution in [0.5, 0.6) is 0 Å². The summed E-state index contributed by atoms with van der Waals surface area (Å²) in [6.07, 6.45) is 1.14. The number of hydrogen-bond donors (Lipinski definition) is 0. The van der Waals surface area contributed by atoms with Crippen molar-refractivity contribution in [1.29, 1.82) is 0 Å². The molecule has 136 valence electrons. The summed E-state index contributed by atoms with van der Waals surface area (Å²) >= 11 is 0. The highest BCUT2D eigenvalue weighted by Gasteiger charge is 2.27. The molecule has 0 amide bonds. The summed E-state index contributed by atoms with van der Waals surface area (Å²) < 4.78 is 2.26. The van der Waals surface area contributed by atoms with Crippen molar-refractivity contribution in [2.45, 2.75) is 26.8 Å². The minimum absolute atomic E-state index is 1.10. The lowest BCUT2D eigenvalue weighted by Crippen LogP contribution is -2.54. The smallest absolute Gasteiger partial charge is 0.129 e. The van der Waals surface area contributed by atoms with Gasteiger partial charge in [0.05, 0.1) is 33.7 Å². The van der Waals surface area contributed by atoms with Crippen LogP contribution in [0.15, 0.2) is 60.7 Å². The SMILES string of the molecule is CC[N+](C)(CC)CC[N@+](C)(CCc1ccccc1)Cc1ccccc1. The van der Waals surface area contributed by atoms with Gasteiger partial charge in [-0.25, -0.2) is 0 Å². The highest BCUT2D eigenvalue weighted by atomic mass is 15.4. The third-order valence-electron chi connectivity index (χ3n) is 5.90. The number of quaternary nitrogens is 2. The van der Waals surface area contributed by atoms with Crippen molar-refractivity contribution in [2.75, 3.05) is 46.8 Å². The molecule has 2 aromatic rings. The van der Waals surface area contributed by atoms with Crippen molar-refractivity contribution in [1.82, 2.24) is 0 Å². The fraction of sp³-hybridized carbons (Fsp3) is 0.478. The van der Waals surface area contributed by atoms with Crippen LogP contribution in [-0.4, -0.2) is 55.8 Å². The molecule has 0 N–H and O–H groups in total. The first-order chi connectivity index (χ1) is 12.0. The van der Waals surface area contributed by atoms with Crippen molar-refractivity contribution in [3.8, 4) is 0 Å². The topological polar surface area (TPSA) is 0 Å². The highest BCUT2D eigenvalue weighted by Crippen LogP contribution is 2.16. The normalized spacial score (nSPS) is 14.2. The zero-order valence-corrected chi connectivity index (χ0v) is 16.6. The largest absolute Gasteiger partial charge is 0.322 e. The van der Waals surface area contributed by atoms with E-state index in [4.69, 9.17) is 0 Å². The predicted molar refractivity (Wildman–Crippen MR) is 108 cm³/mol. The van der Waals surface area contributed by atoms with Crippen LogP contribution in [0.1, 0.15) is 25.0 Å². The number of rotatable bonds is 10. The van der Waals surface area contributed by atoms with Gasteiger partial charge in [0, 0.05) is 12.0 Å². The molecular formula is C23H36N2+2. The van der Waals surface area contributed by atoms with Crippen LogP contribution < -0.4 is 0 Å². The van der Waals surface area contributed by atoms with Gasteiger partial charge >= 0.3 is 0 Å². The molecule has 0 spiro atoms. The standard InChI is InChI=1S/C23H36N2/c1-5-24(3,6-2)19-20-25(4,21-23-15-11-8-12-16-23)18-17-22-13-9-7-10-14-22/h7-16H,5-6,17-21H2,1-4H3/q+2/t25-/m0/s1. The van der Waals surface area contributed by atoms with E-state index in [0.29, 0.717) is 0 Å². The van der Waals surface area contributed by atoms with Gasteiger partial charge in [-0.05, 0) is 19.4 Å².